The molecule has 3 heteroatoms. The second-order valence-electron chi connectivity index (χ2n) is 6.54. The average Bonchev–Trinajstić information content (AvgIpc) is 2.68. The summed E-state index contributed by atoms with van der Waals surface area (Å²) in [5.41, 5.74) is 2.13. The van der Waals surface area contributed by atoms with E-state index in [1.807, 2.05) is 31.2 Å². The molecule has 3 nitrogen and oxygen atoms in total. The Hall–Kier alpha value is -2.00. The van der Waals surface area contributed by atoms with Gasteiger partial charge in [0.2, 0.25) is 0 Å². The van der Waals surface area contributed by atoms with E-state index in [0.717, 1.165) is 30.0 Å². The molecule has 0 amide bonds. The highest BCUT2D eigenvalue weighted by atomic mass is 16.5. The molecule has 0 saturated carbocycles. The van der Waals surface area contributed by atoms with Crippen molar-refractivity contribution in [2.75, 3.05) is 25.1 Å². The van der Waals surface area contributed by atoms with Gasteiger partial charge in [0, 0.05) is 18.8 Å². The molecule has 1 N–H and O–H groups in total. The highest BCUT2D eigenvalue weighted by Gasteiger charge is 2.29. The van der Waals surface area contributed by atoms with Crippen LogP contribution in [0.15, 0.2) is 48.5 Å². The fourth-order valence-electron chi connectivity index (χ4n) is 3.54. The van der Waals surface area contributed by atoms with Crippen LogP contribution in [0.4, 0.5) is 5.69 Å². The number of nitrogens with zero attached hydrogens (tertiary/aromatic N) is 1. The lowest BCUT2D eigenvalue weighted by Crippen LogP contribution is -2.30. The second-order valence-corrected chi connectivity index (χ2v) is 6.54. The molecule has 0 bridgehead atoms. The summed E-state index contributed by atoms with van der Waals surface area (Å²) in [6.07, 6.45) is 4.50. The fraction of sp³-hybridized carbons (Fsp3) is 0.429. The number of methoxy groups -OCH3 is 1. The van der Waals surface area contributed by atoms with Crippen molar-refractivity contribution in [3.8, 4) is 5.75 Å². The van der Waals surface area contributed by atoms with Gasteiger partial charge in [0.25, 0.3) is 0 Å². The summed E-state index contributed by atoms with van der Waals surface area (Å²) in [4.78, 5) is 2.44. The van der Waals surface area contributed by atoms with Crippen LogP contribution in [0.5, 0.6) is 5.75 Å². The Kier molecular flexibility index (Phi) is 5.10. The predicted molar refractivity (Wildman–Crippen MR) is 98.8 cm³/mol. The summed E-state index contributed by atoms with van der Waals surface area (Å²) in [6.45, 7) is 4.29. The van der Waals surface area contributed by atoms with Crippen LogP contribution in [0.3, 0.4) is 0 Å². The molecule has 1 atom stereocenters. The van der Waals surface area contributed by atoms with Crippen molar-refractivity contribution in [3.63, 3.8) is 0 Å². The predicted octanol–water partition coefficient (Wildman–Crippen LogP) is 4.33. The first-order chi connectivity index (χ1) is 11.7. The standard InChI is InChI=1S/C21H27NO2/c1-3-21(23,18-9-13-20(24-2)14-10-18)17-7-11-19(12-8-17)22-15-5-4-6-16-22/h7-14,23H,3-6,15-16H2,1-2H3. The number of benzene rings is 2. The number of piperidine rings is 1. The molecule has 3 rings (SSSR count). The number of hydrogen-bond donors (Lipinski definition) is 1. The third-order valence-corrected chi connectivity index (χ3v) is 5.15. The Morgan fingerprint density at radius 3 is 1.96 bits per heavy atom. The lowest BCUT2D eigenvalue weighted by Gasteiger charge is -2.31. The van der Waals surface area contributed by atoms with Gasteiger partial charge in [0.1, 0.15) is 11.4 Å². The summed E-state index contributed by atoms with van der Waals surface area (Å²) in [7, 11) is 1.65. The second kappa shape index (κ2) is 7.27. The van der Waals surface area contributed by atoms with Gasteiger partial charge in [-0.25, -0.2) is 0 Å². The lowest BCUT2D eigenvalue weighted by molar-refractivity contribution is 0.0765. The van der Waals surface area contributed by atoms with Gasteiger partial charge < -0.3 is 14.7 Å². The van der Waals surface area contributed by atoms with Crippen LogP contribution in [0.25, 0.3) is 0 Å². The minimum absolute atomic E-state index is 0.627. The van der Waals surface area contributed by atoms with E-state index in [-0.39, 0.29) is 0 Å². The third-order valence-electron chi connectivity index (χ3n) is 5.15. The van der Waals surface area contributed by atoms with Gasteiger partial charge in [-0.3, -0.25) is 0 Å². The van der Waals surface area contributed by atoms with E-state index >= 15 is 0 Å². The van der Waals surface area contributed by atoms with Crippen LogP contribution in [0.1, 0.15) is 43.7 Å². The molecule has 1 unspecified atom stereocenters. The van der Waals surface area contributed by atoms with E-state index in [1.165, 1.54) is 24.9 Å². The normalized spacial score (nSPS) is 17.4. The topological polar surface area (TPSA) is 32.7 Å². The zero-order valence-corrected chi connectivity index (χ0v) is 14.7. The number of aliphatic hydroxyl groups is 1. The fourth-order valence-corrected chi connectivity index (χ4v) is 3.54. The SMILES string of the molecule is CCC(O)(c1ccc(OC)cc1)c1ccc(N2CCCCC2)cc1. The number of hydrogen-bond acceptors (Lipinski definition) is 3. The largest absolute Gasteiger partial charge is 0.497 e. The molecule has 0 aliphatic carbocycles. The maximum absolute atomic E-state index is 11.3. The first-order valence-electron chi connectivity index (χ1n) is 8.90. The summed E-state index contributed by atoms with van der Waals surface area (Å²) in [6, 6.07) is 16.1. The minimum Gasteiger partial charge on any atom is -0.497 e. The highest BCUT2D eigenvalue weighted by molar-refractivity contribution is 5.50. The summed E-state index contributed by atoms with van der Waals surface area (Å²) in [5, 5.41) is 11.3. The monoisotopic (exact) mass is 325 g/mol. The first-order valence-corrected chi connectivity index (χ1v) is 8.90. The van der Waals surface area contributed by atoms with Crippen molar-refractivity contribution < 1.29 is 9.84 Å². The van der Waals surface area contributed by atoms with E-state index in [2.05, 4.69) is 29.2 Å². The van der Waals surface area contributed by atoms with Crippen molar-refractivity contribution in [3.05, 3.63) is 59.7 Å². The molecule has 2 aromatic rings. The quantitative estimate of drug-likeness (QED) is 0.888. The maximum atomic E-state index is 11.3. The van der Waals surface area contributed by atoms with E-state index in [4.69, 9.17) is 4.74 Å². The molecule has 24 heavy (non-hydrogen) atoms. The van der Waals surface area contributed by atoms with E-state index in [0.29, 0.717) is 6.42 Å². The van der Waals surface area contributed by atoms with Crippen molar-refractivity contribution in [1.82, 2.24) is 0 Å². The Morgan fingerprint density at radius 1 is 0.917 bits per heavy atom. The molecule has 1 fully saturated rings. The van der Waals surface area contributed by atoms with Crippen molar-refractivity contribution in [2.45, 2.75) is 38.2 Å². The van der Waals surface area contributed by atoms with Gasteiger partial charge in [-0.05, 0) is 61.1 Å². The highest BCUT2D eigenvalue weighted by Crippen LogP contribution is 2.35. The summed E-state index contributed by atoms with van der Waals surface area (Å²) >= 11 is 0. The van der Waals surface area contributed by atoms with Gasteiger partial charge in [0.15, 0.2) is 0 Å². The molecule has 128 valence electrons. The van der Waals surface area contributed by atoms with Crippen LogP contribution in [0.2, 0.25) is 0 Å². The Balaban J connectivity index is 1.86. The molecular weight excluding hydrogens is 298 g/mol. The van der Waals surface area contributed by atoms with E-state index in [9.17, 15) is 5.11 Å². The Labute approximate surface area is 144 Å². The van der Waals surface area contributed by atoms with E-state index < -0.39 is 5.60 Å². The first kappa shape index (κ1) is 16.8. The molecule has 0 spiro atoms. The molecule has 0 aromatic heterocycles. The molecule has 2 aromatic carbocycles. The van der Waals surface area contributed by atoms with Crippen LogP contribution >= 0.6 is 0 Å². The maximum Gasteiger partial charge on any atom is 0.118 e. The molecule has 1 saturated heterocycles. The third kappa shape index (κ3) is 3.27. The summed E-state index contributed by atoms with van der Waals surface area (Å²) in [5.74, 6) is 0.803. The zero-order valence-electron chi connectivity index (χ0n) is 14.7. The van der Waals surface area contributed by atoms with Crippen LogP contribution in [-0.2, 0) is 5.60 Å². The minimum atomic E-state index is -0.966. The molecule has 0 radical (unpaired) electrons. The average molecular weight is 325 g/mol. The smallest absolute Gasteiger partial charge is 0.118 e. The van der Waals surface area contributed by atoms with Crippen molar-refractivity contribution in [1.29, 1.82) is 0 Å². The van der Waals surface area contributed by atoms with Crippen molar-refractivity contribution >= 4 is 5.69 Å². The molecule has 1 aliphatic heterocycles. The number of rotatable bonds is 5. The Morgan fingerprint density at radius 2 is 1.46 bits per heavy atom. The molecular formula is C21H27NO2. The van der Waals surface area contributed by atoms with Crippen LogP contribution < -0.4 is 9.64 Å². The summed E-state index contributed by atoms with van der Waals surface area (Å²) < 4.78 is 5.22. The molecule has 1 heterocycles. The van der Waals surface area contributed by atoms with Crippen LogP contribution in [-0.4, -0.2) is 25.3 Å². The van der Waals surface area contributed by atoms with Gasteiger partial charge in [0.05, 0.1) is 7.11 Å². The van der Waals surface area contributed by atoms with Gasteiger partial charge in [-0.2, -0.15) is 0 Å². The Bertz CT molecular complexity index is 645. The van der Waals surface area contributed by atoms with Crippen molar-refractivity contribution in [2.24, 2.45) is 0 Å². The van der Waals surface area contributed by atoms with Gasteiger partial charge in [-0.1, -0.05) is 31.2 Å². The van der Waals surface area contributed by atoms with E-state index in [1.54, 1.807) is 7.11 Å². The van der Waals surface area contributed by atoms with Gasteiger partial charge >= 0.3 is 0 Å². The molecule has 1 aliphatic rings. The van der Waals surface area contributed by atoms with Gasteiger partial charge in [-0.15, -0.1) is 0 Å². The lowest BCUT2D eigenvalue weighted by atomic mass is 9.84. The number of ether oxygens (including phenoxy) is 1. The number of anilines is 1. The zero-order chi connectivity index (χ0) is 17.0. The van der Waals surface area contributed by atoms with Crippen LogP contribution in [0, 0.1) is 0 Å².